The van der Waals surface area contributed by atoms with Crippen LogP contribution in [0.2, 0.25) is 0 Å². The molecule has 8 heteroatoms. The number of carboxylic acids is 1. The Kier molecular flexibility index (Phi) is 5.72. The summed E-state index contributed by atoms with van der Waals surface area (Å²) >= 11 is 0. The lowest BCUT2D eigenvalue weighted by Crippen LogP contribution is -2.54. The fourth-order valence-corrected chi connectivity index (χ4v) is 3.97. The number of rotatable bonds is 6. The minimum atomic E-state index is -3.74. The Morgan fingerprint density at radius 2 is 1.89 bits per heavy atom. The monoisotopic (exact) mass is 294 g/mol. The number of ether oxygens (including phenoxy) is 1. The molecule has 112 valence electrons. The van der Waals surface area contributed by atoms with Gasteiger partial charge in [-0.3, -0.25) is 4.79 Å². The molecule has 0 spiro atoms. The summed E-state index contributed by atoms with van der Waals surface area (Å²) in [7, 11) is -3.74. The molecule has 1 saturated heterocycles. The van der Waals surface area contributed by atoms with Gasteiger partial charge < -0.3 is 9.84 Å². The molecule has 0 amide bonds. The first-order chi connectivity index (χ1) is 8.77. The lowest BCUT2D eigenvalue weighted by molar-refractivity contribution is -0.137. The number of carboxylic acid groups (broad SMARTS) is 1. The SMILES string of the molecule is CCCN(CC(=O)O)S(=O)(=O)N1CC(C)OC(C)C1. The zero-order valence-corrected chi connectivity index (χ0v) is 12.4. The summed E-state index contributed by atoms with van der Waals surface area (Å²) in [6.45, 7) is 5.64. The van der Waals surface area contributed by atoms with Gasteiger partial charge in [-0.05, 0) is 20.3 Å². The van der Waals surface area contributed by atoms with Crippen LogP contribution in [0.25, 0.3) is 0 Å². The van der Waals surface area contributed by atoms with E-state index in [0.717, 1.165) is 4.31 Å². The number of aliphatic carboxylic acids is 1. The molecule has 0 radical (unpaired) electrons. The first-order valence-corrected chi connectivity index (χ1v) is 7.79. The molecule has 2 atom stereocenters. The highest BCUT2D eigenvalue weighted by atomic mass is 32.2. The average Bonchev–Trinajstić information content (AvgIpc) is 2.26. The van der Waals surface area contributed by atoms with Crippen molar-refractivity contribution in [2.45, 2.75) is 39.4 Å². The Bertz CT molecular complexity index is 401. The number of hydrogen-bond donors (Lipinski definition) is 1. The summed E-state index contributed by atoms with van der Waals surface area (Å²) in [5.41, 5.74) is 0. The van der Waals surface area contributed by atoms with E-state index >= 15 is 0 Å². The van der Waals surface area contributed by atoms with Crippen molar-refractivity contribution < 1.29 is 23.1 Å². The Hall–Kier alpha value is -0.700. The Labute approximate surface area is 114 Å². The first-order valence-electron chi connectivity index (χ1n) is 6.39. The van der Waals surface area contributed by atoms with Crippen LogP contribution in [0.3, 0.4) is 0 Å². The smallest absolute Gasteiger partial charge is 0.318 e. The summed E-state index contributed by atoms with van der Waals surface area (Å²) in [5, 5.41) is 8.83. The van der Waals surface area contributed by atoms with Crippen LogP contribution in [0.1, 0.15) is 27.2 Å². The van der Waals surface area contributed by atoms with Gasteiger partial charge >= 0.3 is 5.97 Å². The number of nitrogens with zero attached hydrogens (tertiary/aromatic N) is 2. The quantitative estimate of drug-likeness (QED) is 0.753. The Balaban J connectivity index is 2.88. The highest BCUT2D eigenvalue weighted by Gasteiger charge is 2.35. The van der Waals surface area contributed by atoms with Crippen LogP contribution < -0.4 is 0 Å². The van der Waals surface area contributed by atoms with Crippen LogP contribution in [0.4, 0.5) is 0 Å². The zero-order chi connectivity index (χ0) is 14.6. The van der Waals surface area contributed by atoms with Gasteiger partial charge in [0, 0.05) is 19.6 Å². The van der Waals surface area contributed by atoms with E-state index < -0.39 is 22.7 Å². The molecular formula is C11H22N2O5S. The molecule has 0 aromatic carbocycles. The highest BCUT2D eigenvalue weighted by Crippen LogP contribution is 2.17. The van der Waals surface area contributed by atoms with Crippen LogP contribution in [-0.2, 0) is 19.7 Å². The van der Waals surface area contributed by atoms with E-state index in [4.69, 9.17) is 9.84 Å². The molecule has 19 heavy (non-hydrogen) atoms. The van der Waals surface area contributed by atoms with E-state index in [2.05, 4.69) is 0 Å². The van der Waals surface area contributed by atoms with Gasteiger partial charge in [-0.25, -0.2) is 0 Å². The first kappa shape index (κ1) is 16.4. The molecule has 1 aliphatic heterocycles. The normalized spacial score (nSPS) is 25.7. The second kappa shape index (κ2) is 6.65. The molecule has 1 fully saturated rings. The van der Waals surface area contributed by atoms with Crippen molar-refractivity contribution in [3.63, 3.8) is 0 Å². The minimum absolute atomic E-state index is 0.188. The Morgan fingerprint density at radius 1 is 1.37 bits per heavy atom. The van der Waals surface area contributed by atoms with Crippen molar-refractivity contribution in [1.29, 1.82) is 0 Å². The van der Waals surface area contributed by atoms with Gasteiger partial charge in [0.25, 0.3) is 10.2 Å². The molecule has 1 aliphatic rings. The fraction of sp³-hybridized carbons (Fsp3) is 0.909. The van der Waals surface area contributed by atoms with E-state index in [1.165, 1.54) is 4.31 Å². The zero-order valence-electron chi connectivity index (χ0n) is 11.6. The van der Waals surface area contributed by atoms with Crippen LogP contribution in [0.5, 0.6) is 0 Å². The van der Waals surface area contributed by atoms with Crippen molar-refractivity contribution in [3.05, 3.63) is 0 Å². The van der Waals surface area contributed by atoms with E-state index in [0.29, 0.717) is 6.42 Å². The predicted molar refractivity (Wildman–Crippen MR) is 70.0 cm³/mol. The summed E-state index contributed by atoms with van der Waals surface area (Å²) in [5.74, 6) is -1.15. The van der Waals surface area contributed by atoms with Gasteiger partial charge in [-0.2, -0.15) is 17.0 Å². The van der Waals surface area contributed by atoms with Crippen LogP contribution in [0, 0.1) is 0 Å². The third-order valence-electron chi connectivity index (χ3n) is 2.82. The van der Waals surface area contributed by atoms with Crippen molar-refractivity contribution in [3.8, 4) is 0 Å². The molecule has 0 bridgehead atoms. The van der Waals surface area contributed by atoms with Crippen LogP contribution >= 0.6 is 0 Å². The molecule has 7 nitrogen and oxygen atoms in total. The second-order valence-electron chi connectivity index (χ2n) is 4.81. The van der Waals surface area contributed by atoms with Gasteiger partial charge in [0.1, 0.15) is 6.54 Å². The van der Waals surface area contributed by atoms with Gasteiger partial charge in [0.15, 0.2) is 0 Å². The molecule has 0 saturated carbocycles. The standard InChI is InChI=1S/C11H22N2O5S/c1-4-5-12(8-11(14)15)19(16,17)13-6-9(2)18-10(3)7-13/h9-10H,4-8H2,1-3H3,(H,14,15). The van der Waals surface area contributed by atoms with Crippen LogP contribution in [0.15, 0.2) is 0 Å². The van der Waals surface area contributed by atoms with Crippen molar-refractivity contribution in [2.75, 3.05) is 26.2 Å². The molecule has 0 aromatic heterocycles. The second-order valence-corrected chi connectivity index (χ2v) is 6.74. The molecular weight excluding hydrogens is 272 g/mol. The summed E-state index contributed by atoms with van der Waals surface area (Å²) < 4.78 is 32.7. The number of carbonyl (C=O) groups is 1. The van der Waals surface area contributed by atoms with Crippen molar-refractivity contribution >= 4 is 16.2 Å². The summed E-state index contributed by atoms with van der Waals surface area (Å²) in [4.78, 5) is 10.8. The maximum atomic E-state index is 12.4. The lowest BCUT2D eigenvalue weighted by Gasteiger charge is -2.36. The average molecular weight is 294 g/mol. The minimum Gasteiger partial charge on any atom is -0.480 e. The third-order valence-corrected chi connectivity index (χ3v) is 4.74. The summed E-state index contributed by atoms with van der Waals surface area (Å²) in [6, 6.07) is 0. The fourth-order valence-electron chi connectivity index (χ4n) is 2.16. The summed E-state index contributed by atoms with van der Waals surface area (Å²) in [6.07, 6.45) is 0.195. The largest absolute Gasteiger partial charge is 0.480 e. The number of hydrogen-bond acceptors (Lipinski definition) is 4. The topological polar surface area (TPSA) is 87.2 Å². The highest BCUT2D eigenvalue weighted by molar-refractivity contribution is 7.86. The molecule has 1 N–H and O–H groups in total. The number of morpholine rings is 1. The predicted octanol–water partition coefficient (Wildman–Crippen LogP) is 0.137. The van der Waals surface area contributed by atoms with Crippen LogP contribution in [-0.4, -0.2) is 66.5 Å². The van der Waals surface area contributed by atoms with E-state index in [1.54, 1.807) is 13.8 Å². The maximum absolute atomic E-state index is 12.4. The van der Waals surface area contributed by atoms with Gasteiger partial charge in [-0.15, -0.1) is 0 Å². The molecule has 0 aromatic rings. The van der Waals surface area contributed by atoms with E-state index in [9.17, 15) is 13.2 Å². The molecule has 2 unspecified atom stereocenters. The van der Waals surface area contributed by atoms with Gasteiger partial charge in [0.05, 0.1) is 12.2 Å². The van der Waals surface area contributed by atoms with E-state index in [-0.39, 0.29) is 31.8 Å². The van der Waals surface area contributed by atoms with Gasteiger partial charge in [0.2, 0.25) is 0 Å². The maximum Gasteiger partial charge on any atom is 0.318 e. The third kappa shape index (κ3) is 4.41. The lowest BCUT2D eigenvalue weighted by atomic mass is 10.3. The molecule has 0 aliphatic carbocycles. The Morgan fingerprint density at radius 3 is 2.32 bits per heavy atom. The van der Waals surface area contributed by atoms with Gasteiger partial charge in [-0.1, -0.05) is 6.92 Å². The van der Waals surface area contributed by atoms with Crippen molar-refractivity contribution in [2.24, 2.45) is 0 Å². The molecule has 1 heterocycles. The van der Waals surface area contributed by atoms with Crippen molar-refractivity contribution in [1.82, 2.24) is 8.61 Å². The molecule has 1 rings (SSSR count). The van der Waals surface area contributed by atoms with E-state index in [1.807, 2.05) is 6.92 Å².